The van der Waals surface area contributed by atoms with Crippen LogP contribution in [-0.4, -0.2) is 26.0 Å². The third-order valence-electron chi connectivity index (χ3n) is 6.23. The van der Waals surface area contributed by atoms with Crippen molar-refractivity contribution in [1.82, 2.24) is 19.9 Å². The van der Waals surface area contributed by atoms with E-state index >= 15 is 0 Å². The van der Waals surface area contributed by atoms with Gasteiger partial charge in [-0.3, -0.25) is 0 Å². The van der Waals surface area contributed by atoms with Gasteiger partial charge in [-0.05, 0) is 87.7 Å². The molecule has 0 aliphatic carbocycles. The molecule has 0 unspecified atom stereocenters. The van der Waals surface area contributed by atoms with Crippen LogP contribution in [0.3, 0.4) is 0 Å². The van der Waals surface area contributed by atoms with Crippen LogP contribution in [0.4, 0.5) is 29.0 Å². The molecule has 9 heteroatoms. The van der Waals surface area contributed by atoms with Crippen LogP contribution in [0.15, 0.2) is 65.6 Å². The number of hydrogen-bond acceptors (Lipinski definition) is 9. The van der Waals surface area contributed by atoms with Crippen LogP contribution in [-0.2, 0) is 0 Å². The van der Waals surface area contributed by atoms with Crippen LogP contribution in [0.5, 0.6) is 0 Å². The molecule has 0 atom stereocenters. The Kier molecular flexibility index (Phi) is 8.23. The normalized spacial score (nSPS) is 11.0. The summed E-state index contributed by atoms with van der Waals surface area (Å²) in [6.07, 6.45) is 1.60. The van der Waals surface area contributed by atoms with Gasteiger partial charge < -0.3 is 16.0 Å². The molecule has 4 heterocycles. The molecular formula is C31H33N7S2. The maximum absolute atomic E-state index is 4.65. The van der Waals surface area contributed by atoms with Crippen molar-refractivity contribution in [1.29, 1.82) is 0 Å². The average Bonchev–Trinajstić information content (AvgIpc) is 3.58. The van der Waals surface area contributed by atoms with E-state index in [2.05, 4.69) is 114 Å². The molecule has 0 amide bonds. The number of nitrogens with one attached hydrogen (secondary N) is 3. The number of aryl methyl sites for hydroxylation is 4. The molecule has 0 bridgehead atoms. The topological polar surface area (TPSA) is 87.7 Å². The van der Waals surface area contributed by atoms with Gasteiger partial charge in [0.2, 0.25) is 5.95 Å². The standard InChI is InChI=1S/C17H20N4S.C14H13N3S/c1-10(2)18-17-20-14-7-8-22-15(14)16(21-17)19-13-6-5-11(3)9-12(13)4;1-9-3-4-11(10(2)7-9)17-14-13-12(5-6-18-13)15-8-16-14/h5-10H,1-4H3,(H2,18,19,20,21);3-8H,1-2H3,(H,15,16,17). The van der Waals surface area contributed by atoms with E-state index in [4.69, 9.17) is 0 Å². The van der Waals surface area contributed by atoms with E-state index in [0.717, 1.165) is 43.4 Å². The Bertz CT molecular complexity index is 1770. The van der Waals surface area contributed by atoms with E-state index in [9.17, 15) is 0 Å². The molecule has 6 aromatic rings. The van der Waals surface area contributed by atoms with Crippen molar-refractivity contribution in [2.75, 3.05) is 16.0 Å². The minimum absolute atomic E-state index is 0.296. The Morgan fingerprint density at radius 3 is 1.82 bits per heavy atom. The summed E-state index contributed by atoms with van der Waals surface area (Å²) in [4.78, 5) is 17.8. The first-order valence-corrected chi connectivity index (χ1v) is 14.9. The van der Waals surface area contributed by atoms with Crippen LogP contribution < -0.4 is 16.0 Å². The van der Waals surface area contributed by atoms with E-state index in [1.54, 1.807) is 29.0 Å². The van der Waals surface area contributed by atoms with Gasteiger partial charge in [-0.25, -0.2) is 15.0 Å². The Labute approximate surface area is 242 Å². The molecule has 7 nitrogen and oxygen atoms in total. The lowest BCUT2D eigenvalue weighted by atomic mass is 10.1. The lowest BCUT2D eigenvalue weighted by Crippen LogP contribution is -2.13. The Morgan fingerprint density at radius 2 is 1.23 bits per heavy atom. The molecule has 204 valence electrons. The number of hydrogen-bond donors (Lipinski definition) is 3. The van der Waals surface area contributed by atoms with Gasteiger partial charge in [-0.2, -0.15) is 4.98 Å². The fraction of sp³-hybridized carbons (Fsp3) is 0.226. The fourth-order valence-electron chi connectivity index (χ4n) is 4.31. The van der Waals surface area contributed by atoms with E-state index in [-0.39, 0.29) is 0 Å². The van der Waals surface area contributed by atoms with Crippen LogP contribution in [0, 0.1) is 27.7 Å². The van der Waals surface area contributed by atoms with Gasteiger partial charge in [0.05, 0.1) is 20.4 Å². The second kappa shape index (κ2) is 12.0. The van der Waals surface area contributed by atoms with Crippen molar-refractivity contribution in [3.05, 3.63) is 87.9 Å². The zero-order valence-electron chi connectivity index (χ0n) is 23.5. The van der Waals surface area contributed by atoms with E-state index in [1.807, 2.05) is 22.9 Å². The first-order valence-electron chi connectivity index (χ1n) is 13.2. The molecule has 0 fully saturated rings. The number of anilines is 5. The highest BCUT2D eigenvalue weighted by Crippen LogP contribution is 2.31. The van der Waals surface area contributed by atoms with Gasteiger partial charge in [-0.1, -0.05) is 35.4 Å². The lowest BCUT2D eigenvalue weighted by molar-refractivity contribution is 0.878. The number of thiophene rings is 2. The second-order valence-electron chi connectivity index (χ2n) is 10.1. The quantitative estimate of drug-likeness (QED) is 0.185. The summed E-state index contributed by atoms with van der Waals surface area (Å²) >= 11 is 3.31. The van der Waals surface area contributed by atoms with E-state index in [0.29, 0.717) is 12.0 Å². The van der Waals surface area contributed by atoms with Gasteiger partial charge in [0, 0.05) is 17.4 Å². The molecule has 0 saturated heterocycles. The Hall–Kier alpha value is -4.08. The number of fused-ring (bicyclic) bond motifs is 2. The van der Waals surface area contributed by atoms with E-state index in [1.165, 1.54) is 22.3 Å². The number of nitrogens with zero attached hydrogens (tertiary/aromatic N) is 4. The summed E-state index contributed by atoms with van der Waals surface area (Å²) in [5.41, 5.74) is 9.08. The van der Waals surface area contributed by atoms with Crippen molar-refractivity contribution in [3.63, 3.8) is 0 Å². The molecule has 3 N–H and O–H groups in total. The summed E-state index contributed by atoms with van der Waals surface area (Å²) in [7, 11) is 0. The third-order valence-corrected chi connectivity index (χ3v) is 8.06. The molecule has 4 aromatic heterocycles. The second-order valence-corrected chi connectivity index (χ2v) is 11.9. The number of benzene rings is 2. The van der Waals surface area contributed by atoms with Gasteiger partial charge in [0.25, 0.3) is 0 Å². The third kappa shape index (κ3) is 6.38. The summed E-state index contributed by atoms with van der Waals surface area (Å²) in [5.74, 6) is 2.39. The molecule has 0 radical (unpaired) electrons. The molecule has 0 aliphatic rings. The predicted octanol–water partition coefficient (Wildman–Crippen LogP) is 8.92. The van der Waals surface area contributed by atoms with Crippen LogP contribution in [0.1, 0.15) is 36.1 Å². The van der Waals surface area contributed by atoms with Crippen molar-refractivity contribution >= 4 is 72.1 Å². The minimum atomic E-state index is 0.296. The smallest absolute Gasteiger partial charge is 0.225 e. The molecule has 0 aliphatic heterocycles. The molecule has 2 aromatic carbocycles. The van der Waals surface area contributed by atoms with Crippen LogP contribution in [0.2, 0.25) is 0 Å². The predicted molar refractivity (Wildman–Crippen MR) is 172 cm³/mol. The maximum atomic E-state index is 4.65. The molecule has 0 saturated carbocycles. The SMILES string of the molecule is Cc1ccc(Nc2nc(NC(C)C)nc3ccsc23)c(C)c1.Cc1ccc(Nc2ncnc3ccsc23)c(C)c1. The van der Waals surface area contributed by atoms with Gasteiger partial charge in [-0.15, -0.1) is 22.7 Å². The van der Waals surface area contributed by atoms with Gasteiger partial charge in [0.15, 0.2) is 11.6 Å². The minimum Gasteiger partial charge on any atom is -0.352 e. The zero-order valence-corrected chi connectivity index (χ0v) is 25.2. The maximum Gasteiger partial charge on any atom is 0.225 e. The van der Waals surface area contributed by atoms with Crippen molar-refractivity contribution in [2.45, 2.75) is 47.6 Å². The van der Waals surface area contributed by atoms with Crippen LogP contribution in [0.25, 0.3) is 20.4 Å². The Balaban J connectivity index is 0.000000164. The van der Waals surface area contributed by atoms with Gasteiger partial charge >= 0.3 is 0 Å². The summed E-state index contributed by atoms with van der Waals surface area (Å²) in [5, 5.41) is 14.2. The first kappa shape index (κ1) is 27.5. The lowest BCUT2D eigenvalue weighted by Gasteiger charge is -2.13. The summed E-state index contributed by atoms with van der Waals surface area (Å²) < 4.78 is 2.17. The first-order chi connectivity index (χ1) is 19.3. The number of aromatic nitrogens is 4. The largest absolute Gasteiger partial charge is 0.352 e. The fourth-order valence-corrected chi connectivity index (χ4v) is 5.88. The molecule has 6 rings (SSSR count). The van der Waals surface area contributed by atoms with Crippen molar-refractivity contribution in [2.24, 2.45) is 0 Å². The molecular weight excluding hydrogens is 535 g/mol. The average molecular weight is 568 g/mol. The highest BCUT2D eigenvalue weighted by molar-refractivity contribution is 7.18. The molecule has 0 spiro atoms. The summed E-state index contributed by atoms with van der Waals surface area (Å²) in [6, 6.07) is 17.1. The Morgan fingerprint density at radius 1 is 0.650 bits per heavy atom. The molecule has 40 heavy (non-hydrogen) atoms. The van der Waals surface area contributed by atoms with Crippen molar-refractivity contribution in [3.8, 4) is 0 Å². The van der Waals surface area contributed by atoms with Gasteiger partial charge in [0.1, 0.15) is 6.33 Å². The highest BCUT2D eigenvalue weighted by atomic mass is 32.1. The van der Waals surface area contributed by atoms with Crippen LogP contribution >= 0.6 is 22.7 Å². The highest BCUT2D eigenvalue weighted by Gasteiger charge is 2.11. The summed E-state index contributed by atoms with van der Waals surface area (Å²) in [6.45, 7) is 12.6. The monoisotopic (exact) mass is 567 g/mol. The number of rotatable bonds is 6. The zero-order chi connectivity index (χ0) is 28.2. The van der Waals surface area contributed by atoms with Crippen molar-refractivity contribution < 1.29 is 0 Å². The van der Waals surface area contributed by atoms with E-state index < -0.39 is 0 Å².